The Morgan fingerprint density at radius 1 is 1.13 bits per heavy atom. The average molecular weight is 611 g/mol. The van der Waals surface area contributed by atoms with Gasteiger partial charge in [-0.2, -0.15) is 9.61 Å². The molecule has 1 atom stereocenters. The zero-order valence-corrected chi connectivity index (χ0v) is 27.0. The van der Waals surface area contributed by atoms with Crippen LogP contribution in [0.5, 0.6) is 0 Å². The molecule has 0 amide bonds. The van der Waals surface area contributed by atoms with Gasteiger partial charge in [-0.25, -0.2) is 9.78 Å². The van der Waals surface area contributed by atoms with Crippen LogP contribution in [0.25, 0.3) is 28.0 Å². The minimum atomic E-state index is -0.981. The first kappa shape index (κ1) is 30.7. The van der Waals surface area contributed by atoms with Crippen LogP contribution >= 0.6 is 0 Å². The Morgan fingerprint density at radius 3 is 2.67 bits per heavy atom. The molecule has 0 unspecified atom stereocenters. The number of aromatic nitrogens is 4. The molecule has 10 heteroatoms. The van der Waals surface area contributed by atoms with Gasteiger partial charge in [0.25, 0.3) is 0 Å². The van der Waals surface area contributed by atoms with Crippen LogP contribution in [0.1, 0.15) is 63.5 Å². The van der Waals surface area contributed by atoms with Crippen molar-refractivity contribution >= 4 is 17.4 Å². The van der Waals surface area contributed by atoms with Crippen molar-refractivity contribution < 1.29 is 19.0 Å². The van der Waals surface area contributed by atoms with Gasteiger partial charge in [-0.3, -0.25) is 4.98 Å². The number of aryl methyl sites for hydroxylation is 1. The summed E-state index contributed by atoms with van der Waals surface area (Å²) in [6, 6.07) is 12.4. The second kappa shape index (κ2) is 12.3. The van der Waals surface area contributed by atoms with E-state index >= 15 is 0 Å². The number of piperidine rings is 1. The highest BCUT2D eigenvalue weighted by Crippen LogP contribution is 2.39. The van der Waals surface area contributed by atoms with Crippen LogP contribution in [-0.2, 0) is 25.5 Å². The molecule has 1 aromatic carbocycles. The molecule has 10 nitrogen and oxygen atoms in total. The van der Waals surface area contributed by atoms with E-state index in [2.05, 4.69) is 40.3 Å². The number of pyridine rings is 1. The van der Waals surface area contributed by atoms with Crippen LogP contribution in [0, 0.1) is 6.92 Å². The number of methoxy groups -OCH3 is 1. The van der Waals surface area contributed by atoms with Crippen molar-refractivity contribution in [3.8, 4) is 22.4 Å². The van der Waals surface area contributed by atoms with Crippen molar-refractivity contribution in [3.63, 3.8) is 0 Å². The monoisotopic (exact) mass is 610 g/mol. The summed E-state index contributed by atoms with van der Waals surface area (Å²) in [5.41, 5.74) is 6.12. The molecule has 7 rings (SSSR count). The highest BCUT2D eigenvalue weighted by molar-refractivity contribution is 5.81. The van der Waals surface area contributed by atoms with Crippen molar-refractivity contribution in [1.82, 2.24) is 24.9 Å². The van der Waals surface area contributed by atoms with Gasteiger partial charge in [0.15, 0.2) is 11.8 Å². The first-order valence-corrected chi connectivity index (χ1v) is 15.5. The number of carbonyl (C=O) groups excluding carboxylic acids is 1. The maximum atomic E-state index is 13.3. The number of nitrogens with zero attached hydrogens (tertiary/aromatic N) is 5. The Morgan fingerprint density at radius 2 is 1.91 bits per heavy atom. The molecule has 0 aliphatic carbocycles. The summed E-state index contributed by atoms with van der Waals surface area (Å²) in [6.07, 6.45) is 8.33. The Labute approximate surface area is 264 Å². The van der Waals surface area contributed by atoms with E-state index < -0.39 is 17.7 Å². The van der Waals surface area contributed by atoms with Crippen molar-refractivity contribution in [3.05, 3.63) is 77.9 Å². The minimum absolute atomic E-state index is 0.290. The maximum Gasteiger partial charge on any atom is 0.339 e. The fraction of sp³-hybridized carbons (Fsp3) is 0.429. The van der Waals surface area contributed by atoms with Crippen LogP contribution in [0.4, 0.5) is 5.82 Å². The van der Waals surface area contributed by atoms with Gasteiger partial charge in [0.1, 0.15) is 5.82 Å². The largest absolute Gasteiger partial charge is 0.467 e. The second-order valence-corrected chi connectivity index (χ2v) is 13.0. The fourth-order valence-electron chi connectivity index (χ4n) is 6.12. The Balaban J connectivity index is 1.56. The first-order valence-electron chi connectivity index (χ1n) is 15.5. The third-order valence-corrected chi connectivity index (χ3v) is 8.51. The van der Waals surface area contributed by atoms with E-state index in [1.165, 1.54) is 7.11 Å². The molecule has 0 radical (unpaired) electrons. The molecular weight excluding hydrogens is 568 g/mol. The van der Waals surface area contributed by atoms with Gasteiger partial charge < -0.3 is 24.4 Å². The molecule has 0 saturated carbocycles. The summed E-state index contributed by atoms with van der Waals surface area (Å²) in [5, 5.41) is 8.55. The van der Waals surface area contributed by atoms with Crippen molar-refractivity contribution in [2.75, 3.05) is 31.7 Å². The lowest BCUT2D eigenvalue weighted by molar-refractivity contribution is -0.164. The number of benzene rings is 1. The van der Waals surface area contributed by atoms with Crippen LogP contribution in [0.15, 0.2) is 61.1 Å². The fourth-order valence-corrected chi connectivity index (χ4v) is 6.12. The Kier molecular flexibility index (Phi) is 8.37. The molecule has 3 aliphatic heterocycles. The molecule has 3 aliphatic rings. The van der Waals surface area contributed by atoms with E-state index in [4.69, 9.17) is 24.3 Å². The molecule has 1 saturated heterocycles. The van der Waals surface area contributed by atoms with Crippen LogP contribution in [0.2, 0.25) is 0 Å². The summed E-state index contributed by atoms with van der Waals surface area (Å²) >= 11 is 0. The van der Waals surface area contributed by atoms with E-state index in [1.807, 2.05) is 75.1 Å². The van der Waals surface area contributed by atoms with Gasteiger partial charge in [0, 0.05) is 54.9 Å². The first-order chi connectivity index (χ1) is 21.5. The van der Waals surface area contributed by atoms with Gasteiger partial charge >= 0.3 is 5.97 Å². The number of hydrogen-bond acceptors (Lipinski definition) is 9. The van der Waals surface area contributed by atoms with Gasteiger partial charge in [-0.1, -0.05) is 18.2 Å². The molecular formula is C35H42N6O4. The van der Waals surface area contributed by atoms with Gasteiger partial charge in [-0.15, -0.1) is 0 Å². The van der Waals surface area contributed by atoms with Crippen LogP contribution < -0.4 is 10.2 Å². The summed E-state index contributed by atoms with van der Waals surface area (Å²) in [5.74, 6) is 0.317. The normalized spacial score (nSPS) is 18.0. The zero-order chi connectivity index (χ0) is 31.8. The van der Waals surface area contributed by atoms with Crippen molar-refractivity contribution in [1.29, 1.82) is 0 Å². The van der Waals surface area contributed by atoms with Gasteiger partial charge in [-0.05, 0) is 83.0 Å². The number of nitrogens with one attached hydrogen (secondary N) is 1. The van der Waals surface area contributed by atoms with Crippen molar-refractivity contribution in [2.45, 2.75) is 71.3 Å². The molecule has 4 aromatic rings. The lowest BCUT2D eigenvalue weighted by Gasteiger charge is -2.41. The molecule has 1 N–H and O–H groups in total. The molecule has 236 valence electrons. The van der Waals surface area contributed by atoms with E-state index in [0.717, 1.165) is 46.6 Å². The van der Waals surface area contributed by atoms with E-state index in [1.54, 1.807) is 0 Å². The number of esters is 1. The van der Waals surface area contributed by atoms with Crippen LogP contribution in [0.3, 0.4) is 0 Å². The van der Waals surface area contributed by atoms with Crippen molar-refractivity contribution in [2.24, 2.45) is 0 Å². The average Bonchev–Trinajstić information content (AvgIpc) is 3.44. The minimum Gasteiger partial charge on any atom is -0.467 e. The van der Waals surface area contributed by atoms with E-state index in [0.29, 0.717) is 43.1 Å². The van der Waals surface area contributed by atoms with Gasteiger partial charge in [0.2, 0.25) is 0 Å². The summed E-state index contributed by atoms with van der Waals surface area (Å²) in [7, 11) is 1.39. The number of hydrogen-bond donors (Lipinski definition) is 1. The lowest BCUT2D eigenvalue weighted by Crippen LogP contribution is -2.45. The topological polar surface area (TPSA) is 103 Å². The summed E-state index contributed by atoms with van der Waals surface area (Å²) in [4.78, 5) is 25.0. The molecule has 3 aromatic heterocycles. The zero-order valence-electron chi connectivity index (χ0n) is 27.0. The number of carbonyl (C=O) groups is 1. The summed E-state index contributed by atoms with van der Waals surface area (Å²) < 4.78 is 19.9. The smallest absolute Gasteiger partial charge is 0.339 e. The van der Waals surface area contributed by atoms with E-state index in [9.17, 15) is 4.79 Å². The third-order valence-electron chi connectivity index (χ3n) is 8.51. The second-order valence-electron chi connectivity index (χ2n) is 13.0. The number of fused-ring (bicyclic) bond motifs is 6. The predicted octanol–water partition coefficient (Wildman–Crippen LogP) is 5.79. The molecule has 6 bridgehead atoms. The highest BCUT2D eigenvalue weighted by Gasteiger charge is 2.38. The van der Waals surface area contributed by atoms with E-state index in [-0.39, 0.29) is 5.60 Å². The SMILES string of the molecule is COC(=O)[C@@H](OC(C)(C)C)c1c(C)nc2cc3nn2c1N1CCC(C)(CC1)OC/C=C/NCc1ccncc1-c1cccc-3c1. The molecule has 6 heterocycles. The van der Waals surface area contributed by atoms with Crippen LogP contribution in [-0.4, -0.2) is 63.6 Å². The van der Waals surface area contributed by atoms with Gasteiger partial charge in [0.05, 0.1) is 36.2 Å². The number of ether oxygens (including phenoxy) is 3. The highest BCUT2D eigenvalue weighted by atomic mass is 16.6. The standard InChI is InChI=1S/C35H42N6O4/c1-23-30(31(33(42)43-6)45-34(2,3)4)32-40-16-12-35(5,13-17-40)44-18-8-14-36-21-26-11-15-37-22-27(26)24-9-7-10-25(19-24)28-20-29(38-23)41(32)39-28/h7-11,14-15,19-20,22,31,36H,12-13,16-18,21H2,1-6H3/b14-8+/t31-/m0/s1. The third kappa shape index (κ3) is 6.43. The Bertz CT molecular complexity index is 1730. The number of rotatable bonds is 3. The quantitative estimate of drug-likeness (QED) is 0.289. The Hall–Kier alpha value is -4.28. The molecule has 1 fully saturated rings. The maximum absolute atomic E-state index is 13.3. The molecule has 0 spiro atoms. The molecule has 45 heavy (non-hydrogen) atoms. The summed E-state index contributed by atoms with van der Waals surface area (Å²) in [6.45, 7) is 12.5. The lowest BCUT2D eigenvalue weighted by atomic mass is 9.92. The number of anilines is 1. The predicted molar refractivity (Wildman–Crippen MR) is 174 cm³/mol.